The number of benzene rings is 1. The molecule has 0 aliphatic heterocycles. The number of hydrogen-bond donors (Lipinski definition) is 2. The second kappa shape index (κ2) is 5.51. The first-order valence-electron chi connectivity index (χ1n) is 5.83. The van der Waals surface area contributed by atoms with Gasteiger partial charge in [-0.2, -0.15) is 5.10 Å². The van der Waals surface area contributed by atoms with Crippen molar-refractivity contribution in [2.75, 3.05) is 10.6 Å². The summed E-state index contributed by atoms with van der Waals surface area (Å²) in [5, 5.41) is 9.65. The summed E-state index contributed by atoms with van der Waals surface area (Å²) in [6.45, 7) is 1.92. The lowest BCUT2D eigenvalue weighted by molar-refractivity contribution is -0.114. The Morgan fingerprint density at radius 3 is 2.89 bits per heavy atom. The number of aromatic nitrogens is 2. The fourth-order valence-electron chi connectivity index (χ4n) is 1.69. The van der Waals surface area contributed by atoms with E-state index in [1.54, 1.807) is 23.0 Å². The Labute approximate surface area is 110 Å². The number of carbonyl (C=O) groups excluding carboxylic acids is 1. The SMILES string of the molecule is CC(=O)Nc1cc(NCc2cnn(C)c2)ccc1F. The molecule has 0 aliphatic rings. The van der Waals surface area contributed by atoms with Gasteiger partial charge in [0, 0.05) is 38.0 Å². The van der Waals surface area contributed by atoms with Crippen molar-refractivity contribution < 1.29 is 9.18 Å². The van der Waals surface area contributed by atoms with Crippen LogP contribution in [-0.4, -0.2) is 15.7 Å². The number of nitrogens with one attached hydrogen (secondary N) is 2. The van der Waals surface area contributed by atoms with Crippen molar-refractivity contribution in [1.82, 2.24) is 9.78 Å². The molecule has 0 radical (unpaired) electrons. The van der Waals surface area contributed by atoms with Gasteiger partial charge in [0.05, 0.1) is 11.9 Å². The van der Waals surface area contributed by atoms with Crippen LogP contribution in [0.15, 0.2) is 30.6 Å². The van der Waals surface area contributed by atoms with Gasteiger partial charge < -0.3 is 10.6 Å². The van der Waals surface area contributed by atoms with E-state index < -0.39 is 5.82 Å². The summed E-state index contributed by atoms with van der Waals surface area (Å²) in [7, 11) is 1.84. The molecule has 2 aromatic rings. The summed E-state index contributed by atoms with van der Waals surface area (Å²) in [6.07, 6.45) is 3.65. The van der Waals surface area contributed by atoms with Crippen molar-refractivity contribution in [1.29, 1.82) is 0 Å². The molecule has 0 fully saturated rings. The molecular weight excluding hydrogens is 247 g/mol. The average Bonchev–Trinajstić information content (AvgIpc) is 2.75. The van der Waals surface area contributed by atoms with Crippen molar-refractivity contribution in [3.63, 3.8) is 0 Å². The number of aryl methyl sites for hydroxylation is 1. The highest BCUT2D eigenvalue weighted by Gasteiger charge is 2.05. The summed E-state index contributed by atoms with van der Waals surface area (Å²) < 4.78 is 15.2. The minimum atomic E-state index is -0.456. The lowest BCUT2D eigenvalue weighted by Crippen LogP contribution is -2.08. The molecule has 0 aliphatic carbocycles. The number of anilines is 2. The highest BCUT2D eigenvalue weighted by Crippen LogP contribution is 2.20. The van der Waals surface area contributed by atoms with Crippen molar-refractivity contribution in [3.8, 4) is 0 Å². The smallest absolute Gasteiger partial charge is 0.221 e. The average molecular weight is 262 g/mol. The zero-order chi connectivity index (χ0) is 13.8. The lowest BCUT2D eigenvalue weighted by atomic mass is 10.2. The van der Waals surface area contributed by atoms with Crippen molar-refractivity contribution in [2.24, 2.45) is 7.05 Å². The Kier molecular flexibility index (Phi) is 3.79. The molecule has 0 atom stereocenters. The molecule has 2 N–H and O–H groups in total. The number of amides is 1. The highest BCUT2D eigenvalue weighted by atomic mass is 19.1. The van der Waals surface area contributed by atoms with E-state index in [1.807, 2.05) is 13.2 Å². The molecule has 0 saturated heterocycles. The predicted molar refractivity (Wildman–Crippen MR) is 71.2 cm³/mol. The third-order valence-corrected chi connectivity index (χ3v) is 2.53. The summed E-state index contributed by atoms with van der Waals surface area (Å²) in [4.78, 5) is 10.9. The second-order valence-corrected chi connectivity index (χ2v) is 4.25. The monoisotopic (exact) mass is 262 g/mol. The molecular formula is C13H15FN4O. The van der Waals surface area contributed by atoms with E-state index in [-0.39, 0.29) is 11.6 Å². The maximum Gasteiger partial charge on any atom is 0.221 e. The molecule has 0 unspecified atom stereocenters. The van der Waals surface area contributed by atoms with Gasteiger partial charge >= 0.3 is 0 Å². The topological polar surface area (TPSA) is 59.0 Å². The molecule has 5 nitrogen and oxygen atoms in total. The van der Waals surface area contributed by atoms with Crippen LogP contribution in [0.2, 0.25) is 0 Å². The molecule has 1 aromatic heterocycles. The fraction of sp³-hybridized carbons (Fsp3) is 0.231. The van der Waals surface area contributed by atoms with Crippen molar-refractivity contribution >= 4 is 17.3 Å². The Bertz CT molecular complexity index is 594. The number of carbonyl (C=O) groups is 1. The maximum absolute atomic E-state index is 13.4. The molecule has 0 bridgehead atoms. The van der Waals surface area contributed by atoms with E-state index in [2.05, 4.69) is 15.7 Å². The van der Waals surface area contributed by atoms with Gasteiger partial charge in [-0.05, 0) is 18.2 Å². The standard InChI is InChI=1S/C13H15FN4O/c1-9(19)17-13-5-11(3-4-12(13)14)15-6-10-7-16-18(2)8-10/h3-5,7-8,15H,6H2,1-2H3,(H,17,19). The normalized spacial score (nSPS) is 10.3. The minimum absolute atomic E-state index is 0.170. The number of halogens is 1. The van der Waals surface area contributed by atoms with E-state index in [0.717, 1.165) is 11.3 Å². The Hall–Kier alpha value is -2.37. The van der Waals surface area contributed by atoms with Gasteiger partial charge in [0.2, 0.25) is 5.91 Å². The van der Waals surface area contributed by atoms with Gasteiger partial charge in [-0.25, -0.2) is 4.39 Å². The van der Waals surface area contributed by atoms with Crippen LogP contribution in [-0.2, 0) is 18.4 Å². The quantitative estimate of drug-likeness (QED) is 0.887. The molecule has 19 heavy (non-hydrogen) atoms. The third-order valence-electron chi connectivity index (χ3n) is 2.53. The van der Waals surface area contributed by atoms with E-state index >= 15 is 0 Å². The van der Waals surface area contributed by atoms with Crippen LogP contribution < -0.4 is 10.6 Å². The minimum Gasteiger partial charge on any atom is -0.381 e. The lowest BCUT2D eigenvalue weighted by Gasteiger charge is -2.09. The fourth-order valence-corrected chi connectivity index (χ4v) is 1.69. The van der Waals surface area contributed by atoms with Crippen LogP contribution in [0.5, 0.6) is 0 Å². The van der Waals surface area contributed by atoms with Crippen LogP contribution in [0.3, 0.4) is 0 Å². The van der Waals surface area contributed by atoms with Gasteiger partial charge in [-0.15, -0.1) is 0 Å². The van der Waals surface area contributed by atoms with Gasteiger partial charge in [0.15, 0.2) is 0 Å². The molecule has 0 spiro atoms. The summed E-state index contributed by atoms with van der Waals surface area (Å²) in [5.74, 6) is -0.759. The molecule has 1 heterocycles. The van der Waals surface area contributed by atoms with Crippen LogP contribution in [0.1, 0.15) is 12.5 Å². The first kappa shape index (κ1) is 13.1. The maximum atomic E-state index is 13.4. The molecule has 1 amide bonds. The van der Waals surface area contributed by atoms with E-state index in [0.29, 0.717) is 6.54 Å². The van der Waals surface area contributed by atoms with Crippen molar-refractivity contribution in [2.45, 2.75) is 13.5 Å². The zero-order valence-corrected chi connectivity index (χ0v) is 10.8. The third kappa shape index (κ3) is 3.54. The molecule has 1 aromatic carbocycles. The number of rotatable bonds is 4. The van der Waals surface area contributed by atoms with Crippen LogP contribution in [0.25, 0.3) is 0 Å². The highest BCUT2D eigenvalue weighted by molar-refractivity contribution is 5.89. The van der Waals surface area contributed by atoms with Gasteiger partial charge in [0.1, 0.15) is 5.82 Å². The predicted octanol–water partition coefficient (Wildman–Crippen LogP) is 2.13. The molecule has 2 rings (SSSR count). The summed E-state index contributed by atoms with van der Waals surface area (Å²) in [5.41, 5.74) is 1.92. The summed E-state index contributed by atoms with van der Waals surface area (Å²) >= 11 is 0. The largest absolute Gasteiger partial charge is 0.381 e. The van der Waals surface area contributed by atoms with Gasteiger partial charge in [0.25, 0.3) is 0 Å². The Balaban J connectivity index is 2.06. The second-order valence-electron chi connectivity index (χ2n) is 4.25. The first-order valence-corrected chi connectivity index (χ1v) is 5.83. The zero-order valence-electron chi connectivity index (χ0n) is 10.8. The number of nitrogens with zero attached hydrogens (tertiary/aromatic N) is 2. The van der Waals surface area contributed by atoms with Crippen molar-refractivity contribution in [3.05, 3.63) is 42.0 Å². The first-order chi connectivity index (χ1) is 9.04. The van der Waals surface area contributed by atoms with E-state index in [9.17, 15) is 9.18 Å². The summed E-state index contributed by atoms with van der Waals surface area (Å²) in [6, 6.07) is 4.50. The van der Waals surface area contributed by atoms with E-state index in [4.69, 9.17) is 0 Å². The molecule has 6 heteroatoms. The van der Waals surface area contributed by atoms with Gasteiger partial charge in [-0.3, -0.25) is 9.48 Å². The molecule has 100 valence electrons. The van der Waals surface area contributed by atoms with Crippen LogP contribution in [0.4, 0.5) is 15.8 Å². The number of hydrogen-bond acceptors (Lipinski definition) is 3. The van der Waals surface area contributed by atoms with Gasteiger partial charge in [-0.1, -0.05) is 0 Å². The Morgan fingerprint density at radius 1 is 1.47 bits per heavy atom. The Morgan fingerprint density at radius 2 is 2.26 bits per heavy atom. The molecule has 0 saturated carbocycles. The van der Waals surface area contributed by atoms with E-state index in [1.165, 1.54) is 13.0 Å². The van der Waals surface area contributed by atoms with Crippen LogP contribution in [0, 0.1) is 5.82 Å². The van der Waals surface area contributed by atoms with Crippen LogP contribution >= 0.6 is 0 Å².